The predicted molar refractivity (Wildman–Crippen MR) is 54.0 cm³/mol. The zero-order valence-electron chi connectivity index (χ0n) is 8.93. The second-order valence-corrected chi connectivity index (χ2v) is 3.76. The number of rotatable bonds is 8. The molecule has 0 saturated carbocycles. The van der Waals surface area contributed by atoms with Gasteiger partial charge in [-0.25, -0.2) is 0 Å². The van der Waals surface area contributed by atoms with Crippen LogP contribution in [0.5, 0.6) is 0 Å². The number of nitrogens with two attached hydrogens (primary N) is 1. The van der Waals surface area contributed by atoms with Crippen LogP contribution in [0.1, 0.15) is 27.2 Å². The van der Waals surface area contributed by atoms with Crippen LogP contribution in [0, 0.1) is 0 Å². The van der Waals surface area contributed by atoms with Gasteiger partial charge in [0.25, 0.3) is 0 Å². The molecule has 14 heavy (non-hydrogen) atoms. The highest BCUT2D eigenvalue weighted by molar-refractivity contribution is 7.39. The molecule has 0 rings (SSSR count). The lowest BCUT2D eigenvalue weighted by Gasteiger charge is -2.07. The van der Waals surface area contributed by atoms with Crippen molar-refractivity contribution in [2.45, 2.75) is 39.5 Å². The maximum atomic E-state index is 11.5. The summed E-state index contributed by atoms with van der Waals surface area (Å²) in [6.45, 7) is 6.31. The number of hydrogen-bond acceptors (Lipinski definition) is 5. The average molecular weight is 224 g/mol. The van der Waals surface area contributed by atoms with Crippen LogP contribution in [0.25, 0.3) is 0 Å². The van der Waals surface area contributed by atoms with Gasteiger partial charge in [0.05, 0.1) is 13.2 Å². The minimum atomic E-state index is -2.02. The first-order valence-electron chi connectivity index (χ1n) is 4.77. The van der Waals surface area contributed by atoms with E-state index in [4.69, 9.17) is 19.7 Å². The molecule has 0 amide bonds. The largest absolute Gasteiger partial charge is 0.574 e. The molecule has 0 aromatic rings. The molecule has 6 heteroatoms. The first-order chi connectivity index (χ1) is 6.65. The minimum Gasteiger partial charge on any atom is -0.311 e. The van der Waals surface area contributed by atoms with Crippen LogP contribution in [-0.2, 0) is 18.6 Å². The Hall–Kier alpha value is -0.0600. The van der Waals surface area contributed by atoms with E-state index >= 15 is 0 Å². The molecular weight excluding hydrogens is 205 g/mol. The summed E-state index contributed by atoms with van der Waals surface area (Å²) in [6, 6.07) is -0.808. The van der Waals surface area contributed by atoms with Crippen molar-refractivity contribution in [1.29, 1.82) is 0 Å². The van der Waals surface area contributed by atoms with Crippen molar-refractivity contribution in [1.82, 2.24) is 0 Å². The molecule has 0 spiro atoms. The summed E-state index contributed by atoms with van der Waals surface area (Å²) in [6.07, 6.45) is 0.0773. The standard InChI is InChI=1S/C8H19NO4P/c1-4-7(9)13-14(10)8(11-5-2)12-6-3/h7-8H,4-6,9H2,1-3H3/q+1. The Balaban J connectivity index is 4.00. The smallest absolute Gasteiger partial charge is 0.311 e. The van der Waals surface area contributed by atoms with Crippen LogP contribution in [0.2, 0.25) is 0 Å². The first-order valence-corrected chi connectivity index (χ1v) is 6.02. The summed E-state index contributed by atoms with van der Waals surface area (Å²) < 4.78 is 26.7. The van der Waals surface area contributed by atoms with E-state index < -0.39 is 20.3 Å². The lowest BCUT2D eigenvalue weighted by atomic mass is 10.5. The lowest BCUT2D eigenvalue weighted by Crippen LogP contribution is -2.23. The van der Waals surface area contributed by atoms with E-state index in [1.807, 2.05) is 6.92 Å². The van der Waals surface area contributed by atoms with Gasteiger partial charge in [0.1, 0.15) is 0 Å². The van der Waals surface area contributed by atoms with Crippen LogP contribution in [0.3, 0.4) is 0 Å². The van der Waals surface area contributed by atoms with Crippen LogP contribution >= 0.6 is 8.03 Å². The highest BCUT2D eigenvalue weighted by Gasteiger charge is 2.36. The Kier molecular flexibility index (Phi) is 8.23. The predicted octanol–water partition coefficient (Wildman–Crippen LogP) is 1.80. The van der Waals surface area contributed by atoms with Gasteiger partial charge in [-0.1, -0.05) is 6.92 Å². The molecule has 0 aliphatic heterocycles. The van der Waals surface area contributed by atoms with Gasteiger partial charge in [0.2, 0.25) is 0 Å². The van der Waals surface area contributed by atoms with Gasteiger partial charge >= 0.3 is 14.1 Å². The van der Waals surface area contributed by atoms with Gasteiger partial charge in [0, 0.05) is 0 Å². The van der Waals surface area contributed by atoms with E-state index in [0.29, 0.717) is 19.6 Å². The van der Waals surface area contributed by atoms with Crippen molar-refractivity contribution < 1.29 is 18.6 Å². The molecule has 5 nitrogen and oxygen atoms in total. The van der Waals surface area contributed by atoms with E-state index in [2.05, 4.69) is 0 Å². The van der Waals surface area contributed by atoms with Gasteiger partial charge in [-0.15, -0.1) is 4.52 Å². The van der Waals surface area contributed by atoms with Gasteiger partial charge < -0.3 is 15.2 Å². The minimum absolute atomic E-state index is 0.427. The van der Waals surface area contributed by atoms with E-state index in [0.717, 1.165) is 0 Å². The third-order valence-electron chi connectivity index (χ3n) is 1.43. The third-order valence-corrected chi connectivity index (χ3v) is 2.55. The molecule has 0 saturated heterocycles. The maximum absolute atomic E-state index is 11.5. The second kappa shape index (κ2) is 8.26. The van der Waals surface area contributed by atoms with Crippen molar-refractivity contribution in [2.24, 2.45) is 5.73 Å². The summed E-state index contributed by atoms with van der Waals surface area (Å²) in [5.41, 5.74) is 5.49. The average Bonchev–Trinajstić information content (AvgIpc) is 2.17. The molecule has 0 heterocycles. The molecule has 0 aliphatic rings. The van der Waals surface area contributed by atoms with Crippen molar-refractivity contribution in [3.05, 3.63) is 0 Å². The Morgan fingerprint density at radius 2 is 1.71 bits per heavy atom. The summed E-state index contributed by atoms with van der Waals surface area (Å²) in [7, 11) is -2.02. The fourth-order valence-electron chi connectivity index (χ4n) is 0.713. The quantitative estimate of drug-likeness (QED) is 0.502. The SMILES string of the molecule is CCOC(OCC)[P+](=O)OC(N)CC. The van der Waals surface area contributed by atoms with Gasteiger partial charge in [0.15, 0.2) is 6.23 Å². The van der Waals surface area contributed by atoms with Crippen LogP contribution in [0.4, 0.5) is 0 Å². The van der Waals surface area contributed by atoms with Crippen molar-refractivity contribution in [2.75, 3.05) is 13.2 Å². The fourth-order valence-corrected chi connectivity index (χ4v) is 1.77. The van der Waals surface area contributed by atoms with Crippen LogP contribution in [0.15, 0.2) is 0 Å². The molecule has 0 bridgehead atoms. The molecule has 84 valence electrons. The Labute approximate surface area is 85.8 Å². The topological polar surface area (TPSA) is 70.8 Å². The summed E-state index contributed by atoms with van der Waals surface area (Å²) in [5.74, 6) is 0. The van der Waals surface area contributed by atoms with Gasteiger partial charge in [-0.2, -0.15) is 0 Å². The molecule has 0 radical (unpaired) electrons. The Bertz CT molecular complexity index is 161. The zero-order valence-corrected chi connectivity index (χ0v) is 9.83. The third kappa shape index (κ3) is 5.62. The highest BCUT2D eigenvalue weighted by Crippen LogP contribution is 2.32. The Morgan fingerprint density at radius 1 is 1.21 bits per heavy atom. The monoisotopic (exact) mass is 224 g/mol. The first kappa shape index (κ1) is 13.9. The van der Waals surface area contributed by atoms with E-state index in [1.165, 1.54) is 0 Å². The number of hydrogen-bond donors (Lipinski definition) is 1. The molecule has 0 aromatic heterocycles. The van der Waals surface area contributed by atoms with Crippen LogP contribution < -0.4 is 5.73 Å². The van der Waals surface area contributed by atoms with Crippen molar-refractivity contribution in [3.63, 3.8) is 0 Å². The molecule has 0 aromatic carbocycles. The summed E-state index contributed by atoms with van der Waals surface area (Å²) in [4.78, 5) is 0. The van der Waals surface area contributed by atoms with Crippen molar-refractivity contribution in [3.8, 4) is 0 Å². The molecule has 2 unspecified atom stereocenters. The molecule has 0 aliphatic carbocycles. The summed E-state index contributed by atoms with van der Waals surface area (Å²) >= 11 is 0. The molecule has 2 atom stereocenters. The van der Waals surface area contributed by atoms with E-state index in [-0.39, 0.29) is 0 Å². The lowest BCUT2D eigenvalue weighted by molar-refractivity contribution is -0.0871. The molecule has 0 fully saturated rings. The highest BCUT2D eigenvalue weighted by atomic mass is 31.1. The molecule has 2 N–H and O–H groups in total. The van der Waals surface area contributed by atoms with E-state index in [1.54, 1.807) is 13.8 Å². The molecular formula is C8H19NO4P+. The van der Waals surface area contributed by atoms with E-state index in [9.17, 15) is 4.57 Å². The van der Waals surface area contributed by atoms with Crippen LogP contribution in [-0.4, -0.2) is 25.5 Å². The maximum Gasteiger partial charge on any atom is 0.574 e. The van der Waals surface area contributed by atoms with Gasteiger partial charge in [-0.05, 0) is 24.8 Å². The normalized spacial score (nSPS) is 14.5. The summed E-state index contributed by atoms with van der Waals surface area (Å²) in [5, 5.41) is 0. The van der Waals surface area contributed by atoms with Gasteiger partial charge in [-0.3, -0.25) is 0 Å². The fraction of sp³-hybridized carbons (Fsp3) is 1.00. The second-order valence-electron chi connectivity index (χ2n) is 2.56. The Morgan fingerprint density at radius 3 is 2.07 bits per heavy atom. The zero-order chi connectivity index (χ0) is 11.0. The van der Waals surface area contributed by atoms with Crippen molar-refractivity contribution >= 4 is 8.03 Å². The number of ether oxygens (including phenoxy) is 2.